The van der Waals surface area contributed by atoms with Crippen LogP contribution in [0.2, 0.25) is 0 Å². The highest BCUT2D eigenvalue weighted by Crippen LogP contribution is 2.62. The van der Waals surface area contributed by atoms with E-state index in [1.165, 1.54) is 63.5 Å². The lowest BCUT2D eigenvalue weighted by Crippen LogP contribution is -2.54. The Hall–Kier alpha value is -0.820. The highest BCUT2D eigenvalue weighted by atomic mass is 15.0. The molecule has 3 aliphatic rings. The Labute approximate surface area is 123 Å². The number of hydrogen-bond donors (Lipinski definition) is 1. The van der Waals surface area contributed by atoms with Crippen molar-refractivity contribution in [2.75, 3.05) is 6.54 Å². The van der Waals surface area contributed by atoms with Crippen LogP contribution >= 0.6 is 0 Å². The number of nitrogens with one attached hydrogen (secondary N) is 1. The van der Waals surface area contributed by atoms with E-state index in [1.54, 1.807) is 5.56 Å². The Kier molecular flexibility index (Phi) is 2.96. The monoisotopic (exact) mass is 269 g/mol. The molecule has 0 atom stereocenters. The summed E-state index contributed by atoms with van der Waals surface area (Å²) >= 11 is 0. The molecule has 0 radical (unpaired) electrons. The van der Waals surface area contributed by atoms with Gasteiger partial charge in [0.05, 0.1) is 0 Å². The maximum atomic E-state index is 3.82. The summed E-state index contributed by atoms with van der Waals surface area (Å²) in [5.74, 6) is 0. The highest BCUT2D eigenvalue weighted by Gasteiger charge is 2.55. The van der Waals surface area contributed by atoms with Gasteiger partial charge >= 0.3 is 0 Å². The molecule has 0 unspecified atom stereocenters. The third-order valence-corrected chi connectivity index (χ3v) is 6.03. The maximum Gasteiger partial charge on any atom is 0.00885 e. The minimum Gasteiger partial charge on any atom is -0.313 e. The van der Waals surface area contributed by atoms with Gasteiger partial charge in [-0.1, -0.05) is 42.7 Å². The van der Waals surface area contributed by atoms with Crippen molar-refractivity contribution in [2.24, 2.45) is 5.41 Å². The number of rotatable bonds is 4. The summed E-state index contributed by atoms with van der Waals surface area (Å²) in [7, 11) is 0. The minimum atomic E-state index is 0.443. The summed E-state index contributed by atoms with van der Waals surface area (Å²) in [4.78, 5) is 0. The van der Waals surface area contributed by atoms with Gasteiger partial charge < -0.3 is 5.32 Å². The summed E-state index contributed by atoms with van der Waals surface area (Å²) < 4.78 is 0. The fourth-order valence-corrected chi connectivity index (χ4v) is 4.90. The van der Waals surface area contributed by atoms with Crippen molar-refractivity contribution in [2.45, 2.75) is 69.7 Å². The lowest BCUT2D eigenvalue weighted by molar-refractivity contribution is 0.0267. The van der Waals surface area contributed by atoms with Gasteiger partial charge in [-0.15, -0.1) is 0 Å². The summed E-state index contributed by atoms with van der Waals surface area (Å²) in [5.41, 5.74) is 4.18. The first-order valence-corrected chi connectivity index (χ1v) is 8.50. The van der Waals surface area contributed by atoms with Gasteiger partial charge in [-0.05, 0) is 56.4 Å². The molecule has 0 heterocycles. The highest BCUT2D eigenvalue weighted by molar-refractivity contribution is 5.35. The van der Waals surface area contributed by atoms with Crippen LogP contribution in [-0.4, -0.2) is 12.6 Å². The number of hydrogen-bond acceptors (Lipinski definition) is 1. The van der Waals surface area contributed by atoms with E-state index >= 15 is 0 Å². The molecule has 3 fully saturated rings. The number of benzene rings is 1. The van der Waals surface area contributed by atoms with Crippen LogP contribution in [-0.2, 0) is 5.41 Å². The zero-order chi connectivity index (χ0) is 13.6. The van der Waals surface area contributed by atoms with E-state index in [1.807, 2.05) is 0 Å². The molecule has 108 valence electrons. The van der Waals surface area contributed by atoms with Gasteiger partial charge in [0, 0.05) is 18.0 Å². The topological polar surface area (TPSA) is 12.0 Å². The zero-order valence-electron chi connectivity index (χ0n) is 12.8. The van der Waals surface area contributed by atoms with Gasteiger partial charge in [-0.3, -0.25) is 0 Å². The van der Waals surface area contributed by atoms with Crippen LogP contribution in [0.25, 0.3) is 0 Å². The molecule has 1 N–H and O–H groups in total. The van der Waals surface area contributed by atoms with Crippen LogP contribution in [0.5, 0.6) is 0 Å². The van der Waals surface area contributed by atoms with Crippen molar-refractivity contribution in [1.29, 1.82) is 0 Å². The molecule has 4 rings (SSSR count). The molecular weight excluding hydrogens is 242 g/mol. The summed E-state index contributed by atoms with van der Waals surface area (Å²) in [5, 5.41) is 3.82. The molecular formula is C19H27N. The Morgan fingerprint density at radius 3 is 2.55 bits per heavy atom. The van der Waals surface area contributed by atoms with Crippen molar-refractivity contribution in [3.63, 3.8) is 0 Å². The van der Waals surface area contributed by atoms with E-state index in [9.17, 15) is 0 Å². The van der Waals surface area contributed by atoms with Crippen LogP contribution in [0.3, 0.4) is 0 Å². The Morgan fingerprint density at radius 1 is 1.15 bits per heavy atom. The predicted octanol–water partition coefficient (Wildman–Crippen LogP) is 4.34. The fraction of sp³-hybridized carbons (Fsp3) is 0.684. The van der Waals surface area contributed by atoms with Crippen molar-refractivity contribution in [3.8, 4) is 0 Å². The molecule has 0 amide bonds. The average Bonchev–Trinajstić information content (AvgIpc) is 3.11. The van der Waals surface area contributed by atoms with Gasteiger partial charge in [0.15, 0.2) is 0 Å². The Balaban J connectivity index is 1.57. The largest absolute Gasteiger partial charge is 0.313 e. The van der Waals surface area contributed by atoms with Crippen molar-refractivity contribution < 1.29 is 0 Å². The van der Waals surface area contributed by atoms with Crippen molar-refractivity contribution in [1.82, 2.24) is 5.32 Å². The summed E-state index contributed by atoms with van der Waals surface area (Å²) in [6.07, 6.45) is 11.6. The summed E-state index contributed by atoms with van der Waals surface area (Å²) in [6.45, 7) is 3.44. The molecule has 0 aliphatic heterocycles. The van der Waals surface area contributed by atoms with Gasteiger partial charge in [0.2, 0.25) is 0 Å². The molecule has 1 aromatic carbocycles. The molecule has 3 aliphatic carbocycles. The second-order valence-electron chi connectivity index (χ2n) is 7.87. The standard InChI is InChI=1S/C19H27N/c1-15-5-4-6-16(11-15)19(14-20-17-7-8-17)12-18(13-19)9-2-3-10-18/h4-6,11,17,20H,2-3,7-10,12-14H2,1H3. The molecule has 0 aromatic heterocycles. The molecule has 1 nitrogen and oxygen atoms in total. The third-order valence-electron chi connectivity index (χ3n) is 6.03. The molecule has 1 heteroatoms. The first kappa shape index (κ1) is 12.9. The van der Waals surface area contributed by atoms with E-state index in [0.29, 0.717) is 5.41 Å². The van der Waals surface area contributed by atoms with Crippen LogP contribution in [0.1, 0.15) is 62.5 Å². The average molecular weight is 269 g/mol. The van der Waals surface area contributed by atoms with Gasteiger partial charge in [0.25, 0.3) is 0 Å². The molecule has 20 heavy (non-hydrogen) atoms. The molecule has 0 saturated heterocycles. The maximum absolute atomic E-state index is 3.82. The Morgan fingerprint density at radius 2 is 1.90 bits per heavy atom. The fourth-order valence-electron chi connectivity index (χ4n) is 4.90. The lowest BCUT2D eigenvalue weighted by atomic mass is 9.49. The SMILES string of the molecule is Cc1cccc(C2(CNC3CC3)CC3(CCCC3)C2)c1. The quantitative estimate of drug-likeness (QED) is 0.857. The summed E-state index contributed by atoms with van der Waals surface area (Å²) in [6, 6.07) is 10.1. The molecule has 1 spiro atoms. The third kappa shape index (κ3) is 2.20. The normalized spacial score (nSPS) is 26.6. The van der Waals surface area contributed by atoms with E-state index in [2.05, 4.69) is 36.5 Å². The second-order valence-corrected chi connectivity index (χ2v) is 7.87. The van der Waals surface area contributed by atoms with E-state index in [4.69, 9.17) is 0 Å². The molecule has 1 aromatic rings. The zero-order valence-corrected chi connectivity index (χ0v) is 12.8. The molecule has 3 saturated carbocycles. The van der Waals surface area contributed by atoms with Gasteiger partial charge in [-0.2, -0.15) is 0 Å². The van der Waals surface area contributed by atoms with Gasteiger partial charge in [0.1, 0.15) is 0 Å². The minimum absolute atomic E-state index is 0.443. The first-order chi connectivity index (χ1) is 9.70. The van der Waals surface area contributed by atoms with E-state index in [-0.39, 0.29) is 0 Å². The van der Waals surface area contributed by atoms with Crippen molar-refractivity contribution in [3.05, 3.63) is 35.4 Å². The van der Waals surface area contributed by atoms with Crippen LogP contribution < -0.4 is 5.32 Å². The van der Waals surface area contributed by atoms with Crippen LogP contribution in [0.15, 0.2) is 24.3 Å². The van der Waals surface area contributed by atoms with E-state index in [0.717, 1.165) is 11.5 Å². The van der Waals surface area contributed by atoms with Crippen LogP contribution in [0.4, 0.5) is 0 Å². The number of aryl methyl sites for hydroxylation is 1. The van der Waals surface area contributed by atoms with E-state index < -0.39 is 0 Å². The lowest BCUT2D eigenvalue weighted by Gasteiger charge is -2.56. The smallest absolute Gasteiger partial charge is 0.00885 e. The second kappa shape index (κ2) is 4.59. The van der Waals surface area contributed by atoms with Crippen molar-refractivity contribution >= 4 is 0 Å². The predicted molar refractivity (Wildman–Crippen MR) is 84.0 cm³/mol. The van der Waals surface area contributed by atoms with Gasteiger partial charge in [-0.25, -0.2) is 0 Å². The Bertz CT molecular complexity index is 486. The van der Waals surface area contributed by atoms with Crippen LogP contribution in [0, 0.1) is 12.3 Å². The first-order valence-electron chi connectivity index (χ1n) is 8.50. The molecule has 0 bridgehead atoms.